The first kappa shape index (κ1) is 14.1. The average Bonchev–Trinajstić information content (AvgIpc) is 2.76. The number of rotatable bonds is 8. The number of aromatic nitrogens is 2. The first-order valence-corrected chi connectivity index (χ1v) is 5.75. The second kappa shape index (κ2) is 7.34. The zero-order chi connectivity index (χ0) is 12.7. The maximum Gasteiger partial charge on any atom is 0.261 e. The normalized spacial score (nSPS) is 13.2. The molecule has 1 aromatic heterocycles. The number of aryl methyl sites for hydroxylation is 1. The van der Waals surface area contributed by atoms with Crippen LogP contribution in [0.25, 0.3) is 0 Å². The van der Waals surface area contributed by atoms with Crippen molar-refractivity contribution in [1.82, 2.24) is 15.1 Å². The van der Waals surface area contributed by atoms with E-state index in [-0.39, 0.29) is 12.6 Å². The van der Waals surface area contributed by atoms with Gasteiger partial charge in [-0.1, -0.05) is 0 Å². The summed E-state index contributed by atoms with van der Waals surface area (Å²) < 4.78 is 30.2. The molecule has 0 radical (unpaired) electrons. The molecule has 1 unspecified atom stereocenters. The number of hydrogen-bond acceptors (Lipinski definition) is 3. The van der Waals surface area contributed by atoms with E-state index in [4.69, 9.17) is 4.74 Å². The molecular weight excluding hydrogens is 228 g/mol. The van der Waals surface area contributed by atoms with Crippen LogP contribution in [-0.4, -0.2) is 36.0 Å². The largest absolute Gasteiger partial charge is 0.374 e. The minimum atomic E-state index is -2.39. The summed E-state index contributed by atoms with van der Waals surface area (Å²) in [4.78, 5) is 0. The summed E-state index contributed by atoms with van der Waals surface area (Å²) in [5.41, 5.74) is 1.08. The van der Waals surface area contributed by atoms with Gasteiger partial charge in [0.15, 0.2) is 0 Å². The van der Waals surface area contributed by atoms with Crippen LogP contribution in [0.4, 0.5) is 8.78 Å². The van der Waals surface area contributed by atoms with Crippen LogP contribution in [-0.2, 0) is 11.3 Å². The molecule has 1 N–H and O–H groups in total. The standard InChI is InChI=1S/C11H19F2N3O/c1-3-16-7-10(6-15-16)9(2)14-4-5-17-8-11(12)13/h6-7,9,11,14H,3-5,8H2,1-2H3. The third-order valence-corrected chi connectivity index (χ3v) is 2.42. The lowest BCUT2D eigenvalue weighted by atomic mass is 10.2. The fourth-order valence-electron chi connectivity index (χ4n) is 1.41. The third kappa shape index (κ3) is 5.23. The third-order valence-electron chi connectivity index (χ3n) is 2.42. The van der Waals surface area contributed by atoms with Gasteiger partial charge in [0.2, 0.25) is 0 Å². The monoisotopic (exact) mass is 247 g/mol. The molecule has 98 valence electrons. The Hall–Kier alpha value is -1.01. The van der Waals surface area contributed by atoms with Crippen LogP contribution in [0.2, 0.25) is 0 Å². The van der Waals surface area contributed by atoms with Crippen molar-refractivity contribution < 1.29 is 13.5 Å². The van der Waals surface area contributed by atoms with Crippen molar-refractivity contribution >= 4 is 0 Å². The fourth-order valence-corrected chi connectivity index (χ4v) is 1.41. The number of nitrogens with zero attached hydrogens (tertiary/aromatic N) is 2. The minimum Gasteiger partial charge on any atom is -0.374 e. The molecule has 17 heavy (non-hydrogen) atoms. The highest BCUT2D eigenvalue weighted by molar-refractivity contribution is 5.08. The van der Waals surface area contributed by atoms with Gasteiger partial charge in [-0.05, 0) is 13.8 Å². The number of ether oxygens (including phenoxy) is 1. The second-order valence-corrected chi connectivity index (χ2v) is 3.77. The Balaban J connectivity index is 2.18. The van der Waals surface area contributed by atoms with Crippen LogP contribution in [0.15, 0.2) is 12.4 Å². The molecule has 0 spiro atoms. The highest BCUT2D eigenvalue weighted by Gasteiger charge is 2.07. The van der Waals surface area contributed by atoms with Crippen LogP contribution in [0.5, 0.6) is 0 Å². The Labute approximate surface area is 100.0 Å². The SMILES string of the molecule is CCn1cc(C(C)NCCOCC(F)F)cn1. The van der Waals surface area contributed by atoms with E-state index < -0.39 is 13.0 Å². The molecule has 0 amide bonds. The molecule has 0 saturated carbocycles. The van der Waals surface area contributed by atoms with Crippen LogP contribution >= 0.6 is 0 Å². The predicted molar refractivity (Wildman–Crippen MR) is 61.1 cm³/mol. The lowest BCUT2D eigenvalue weighted by Gasteiger charge is -2.11. The molecule has 0 aromatic carbocycles. The molecule has 1 rings (SSSR count). The summed E-state index contributed by atoms with van der Waals surface area (Å²) in [5, 5.41) is 7.36. The quantitative estimate of drug-likeness (QED) is 0.712. The highest BCUT2D eigenvalue weighted by atomic mass is 19.3. The van der Waals surface area contributed by atoms with Gasteiger partial charge in [-0.2, -0.15) is 5.10 Å². The average molecular weight is 247 g/mol. The van der Waals surface area contributed by atoms with Crippen LogP contribution in [0.3, 0.4) is 0 Å². The van der Waals surface area contributed by atoms with Gasteiger partial charge in [0.25, 0.3) is 6.43 Å². The zero-order valence-corrected chi connectivity index (χ0v) is 10.2. The van der Waals surface area contributed by atoms with E-state index in [1.54, 1.807) is 6.20 Å². The maximum atomic E-state index is 11.8. The second-order valence-electron chi connectivity index (χ2n) is 3.77. The van der Waals surface area contributed by atoms with Gasteiger partial charge in [0.05, 0.1) is 12.8 Å². The first-order chi connectivity index (χ1) is 8.13. The Kier molecular flexibility index (Phi) is 6.07. The summed E-state index contributed by atoms with van der Waals surface area (Å²) in [6.45, 7) is 5.20. The van der Waals surface area contributed by atoms with Crippen molar-refractivity contribution in [2.75, 3.05) is 19.8 Å². The number of alkyl halides is 2. The maximum absolute atomic E-state index is 11.8. The van der Waals surface area contributed by atoms with E-state index in [1.807, 2.05) is 24.7 Å². The number of nitrogens with one attached hydrogen (secondary N) is 1. The smallest absolute Gasteiger partial charge is 0.261 e. The van der Waals surface area contributed by atoms with E-state index in [2.05, 4.69) is 10.4 Å². The van der Waals surface area contributed by atoms with E-state index >= 15 is 0 Å². The van der Waals surface area contributed by atoms with Gasteiger partial charge in [-0.3, -0.25) is 4.68 Å². The summed E-state index contributed by atoms with van der Waals surface area (Å²) in [5.74, 6) is 0. The molecule has 1 atom stereocenters. The summed E-state index contributed by atoms with van der Waals surface area (Å²) in [6, 6.07) is 0.144. The molecule has 0 aliphatic carbocycles. The first-order valence-electron chi connectivity index (χ1n) is 5.75. The lowest BCUT2D eigenvalue weighted by molar-refractivity contribution is 0.0183. The van der Waals surface area contributed by atoms with Crippen molar-refractivity contribution in [2.24, 2.45) is 0 Å². The van der Waals surface area contributed by atoms with E-state index in [1.165, 1.54) is 0 Å². The van der Waals surface area contributed by atoms with Crippen LogP contribution < -0.4 is 5.32 Å². The fraction of sp³-hybridized carbons (Fsp3) is 0.727. The van der Waals surface area contributed by atoms with Crippen LogP contribution in [0, 0.1) is 0 Å². The molecule has 4 nitrogen and oxygen atoms in total. The molecule has 0 saturated heterocycles. The van der Waals surface area contributed by atoms with Gasteiger partial charge in [-0.15, -0.1) is 0 Å². The van der Waals surface area contributed by atoms with E-state index in [0.717, 1.165) is 12.1 Å². The van der Waals surface area contributed by atoms with Crippen molar-refractivity contribution in [3.8, 4) is 0 Å². The van der Waals surface area contributed by atoms with Gasteiger partial charge in [0.1, 0.15) is 6.61 Å². The molecule has 0 bridgehead atoms. The van der Waals surface area contributed by atoms with Crippen molar-refractivity contribution in [2.45, 2.75) is 32.9 Å². The Bertz CT molecular complexity index is 317. The summed E-state index contributed by atoms with van der Waals surface area (Å²) in [7, 11) is 0. The Morgan fingerprint density at radius 1 is 1.53 bits per heavy atom. The molecule has 6 heteroatoms. The predicted octanol–water partition coefficient (Wildman–Crippen LogP) is 1.84. The number of halogens is 2. The summed E-state index contributed by atoms with van der Waals surface area (Å²) in [6.07, 6.45) is 1.38. The Morgan fingerprint density at radius 2 is 2.29 bits per heavy atom. The van der Waals surface area contributed by atoms with E-state index in [0.29, 0.717) is 6.54 Å². The summed E-state index contributed by atoms with van der Waals surface area (Å²) >= 11 is 0. The highest BCUT2D eigenvalue weighted by Crippen LogP contribution is 2.10. The number of hydrogen-bond donors (Lipinski definition) is 1. The molecule has 0 aliphatic rings. The van der Waals surface area contributed by atoms with Crippen molar-refractivity contribution in [1.29, 1.82) is 0 Å². The van der Waals surface area contributed by atoms with Crippen molar-refractivity contribution in [3.63, 3.8) is 0 Å². The molecule has 1 heterocycles. The Morgan fingerprint density at radius 3 is 2.88 bits per heavy atom. The lowest BCUT2D eigenvalue weighted by Crippen LogP contribution is -2.23. The van der Waals surface area contributed by atoms with Gasteiger partial charge in [-0.25, -0.2) is 8.78 Å². The van der Waals surface area contributed by atoms with E-state index in [9.17, 15) is 8.78 Å². The minimum absolute atomic E-state index is 0.144. The van der Waals surface area contributed by atoms with Gasteiger partial charge >= 0.3 is 0 Å². The van der Waals surface area contributed by atoms with Crippen molar-refractivity contribution in [3.05, 3.63) is 18.0 Å². The molecule has 1 aromatic rings. The van der Waals surface area contributed by atoms with Gasteiger partial charge in [0, 0.05) is 30.9 Å². The zero-order valence-electron chi connectivity index (χ0n) is 10.2. The molecular formula is C11H19F2N3O. The van der Waals surface area contributed by atoms with Gasteiger partial charge < -0.3 is 10.1 Å². The molecule has 0 fully saturated rings. The van der Waals surface area contributed by atoms with Crippen LogP contribution in [0.1, 0.15) is 25.5 Å². The molecule has 0 aliphatic heterocycles. The topological polar surface area (TPSA) is 39.1 Å².